The highest BCUT2D eigenvalue weighted by Crippen LogP contribution is 2.27. The summed E-state index contributed by atoms with van der Waals surface area (Å²) in [6.07, 6.45) is 5.34. The lowest BCUT2D eigenvalue weighted by Gasteiger charge is -2.13. The van der Waals surface area contributed by atoms with Crippen LogP contribution in [0.5, 0.6) is 0 Å². The zero-order valence-electron chi connectivity index (χ0n) is 15.2. The number of nitrogens with two attached hydrogens (primary N) is 1. The molecule has 152 valence electrons. The molecule has 1 amide bonds. The van der Waals surface area contributed by atoms with Crippen molar-refractivity contribution in [2.75, 3.05) is 5.75 Å². The van der Waals surface area contributed by atoms with E-state index in [2.05, 4.69) is 4.98 Å². The van der Waals surface area contributed by atoms with Gasteiger partial charge in [-0.05, 0) is 37.3 Å². The molecule has 1 aromatic carbocycles. The number of hydrazine groups is 1. The number of halogens is 2. The van der Waals surface area contributed by atoms with Crippen LogP contribution in [0, 0.1) is 11.7 Å². The van der Waals surface area contributed by atoms with Crippen molar-refractivity contribution in [2.24, 2.45) is 18.7 Å². The predicted molar refractivity (Wildman–Crippen MR) is 103 cm³/mol. The molecule has 1 aliphatic rings. The van der Waals surface area contributed by atoms with Gasteiger partial charge in [0.1, 0.15) is 0 Å². The van der Waals surface area contributed by atoms with Gasteiger partial charge in [0.05, 0.1) is 28.4 Å². The highest BCUT2D eigenvalue weighted by molar-refractivity contribution is 7.89. The average molecular weight is 430 g/mol. The first-order valence-electron chi connectivity index (χ1n) is 8.67. The van der Waals surface area contributed by atoms with Gasteiger partial charge in [-0.15, -0.1) is 4.83 Å². The van der Waals surface area contributed by atoms with Crippen LogP contribution in [0.4, 0.5) is 4.39 Å². The molecule has 0 radical (unpaired) electrons. The smallest absolute Gasteiger partial charge is 0.269 e. The third kappa shape index (κ3) is 4.88. The van der Waals surface area contributed by atoms with E-state index in [1.807, 2.05) is 10.3 Å². The van der Waals surface area contributed by atoms with Gasteiger partial charge in [0.25, 0.3) is 5.91 Å². The summed E-state index contributed by atoms with van der Waals surface area (Å²) in [5, 5.41) is -0.267. The number of benzene rings is 1. The third-order valence-electron chi connectivity index (χ3n) is 4.63. The number of nitrogens with one attached hydrogen (secondary N) is 2. The number of rotatable bonds is 6. The van der Waals surface area contributed by atoms with Crippen LogP contribution in [0.15, 0.2) is 24.7 Å². The molecule has 2 aromatic rings. The summed E-state index contributed by atoms with van der Waals surface area (Å²) in [6.45, 7) is 0. The molecule has 11 heteroatoms. The summed E-state index contributed by atoms with van der Waals surface area (Å²) < 4.78 is 40.4. The number of aryl methyl sites for hydroxylation is 1. The maximum absolute atomic E-state index is 14.3. The normalized spacial score (nSPS) is 19.7. The van der Waals surface area contributed by atoms with E-state index in [9.17, 15) is 17.6 Å². The molecule has 0 aliphatic heterocycles. The second kappa shape index (κ2) is 8.16. The van der Waals surface area contributed by atoms with Gasteiger partial charge in [0, 0.05) is 24.8 Å². The molecule has 2 atom stereocenters. The van der Waals surface area contributed by atoms with Crippen LogP contribution in [0.1, 0.15) is 29.6 Å². The number of nitrogens with zero attached hydrogens (tertiary/aromatic N) is 2. The lowest BCUT2D eigenvalue weighted by Crippen LogP contribution is -2.44. The van der Waals surface area contributed by atoms with E-state index < -0.39 is 27.3 Å². The standard InChI is InChI=1S/C17H21ClFN5O3S/c1-24-7-15(21-9-24)11-5-13(16(19)14(18)6-11)17(25)22-23-28(26,27)8-10-2-3-12(20)4-10/h5-7,9-10,12,23H,2-4,8,20H2,1H3,(H,22,25). The molecule has 1 heterocycles. The largest absolute Gasteiger partial charge is 0.340 e. The Morgan fingerprint density at radius 3 is 2.79 bits per heavy atom. The fraction of sp³-hybridized carbons (Fsp3) is 0.412. The monoisotopic (exact) mass is 429 g/mol. The number of hydrogen-bond acceptors (Lipinski definition) is 5. The van der Waals surface area contributed by atoms with Crippen molar-refractivity contribution in [3.8, 4) is 11.3 Å². The molecule has 2 unspecified atom stereocenters. The molecular formula is C17H21ClFN5O3S. The van der Waals surface area contributed by atoms with E-state index >= 15 is 0 Å². The SMILES string of the molecule is Cn1cnc(-c2cc(Cl)c(F)c(C(=O)NNS(=O)(=O)CC3CCC(N)C3)c2)c1. The summed E-state index contributed by atoms with van der Waals surface area (Å²) in [5.41, 5.74) is 8.37. The van der Waals surface area contributed by atoms with Crippen molar-refractivity contribution >= 4 is 27.5 Å². The molecular weight excluding hydrogens is 409 g/mol. The van der Waals surface area contributed by atoms with Crippen molar-refractivity contribution in [2.45, 2.75) is 25.3 Å². The summed E-state index contributed by atoms with van der Waals surface area (Å²) in [4.78, 5) is 18.5. The predicted octanol–water partition coefficient (Wildman–Crippen LogP) is 1.57. The van der Waals surface area contributed by atoms with Crippen LogP contribution in [-0.4, -0.2) is 35.7 Å². The van der Waals surface area contributed by atoms with Gasteiger partial charge >= 0.3 is 0 Å². The zero-order chi connectivity index (χ0) is 20.5. The Balaban J connectivity index is 1.72. The van der Waals surface area contributed by atoms with Crippen LogP contribution in [0.3, 0.4) is 0 Å². The first-order chi connectivity index (χ1) is 13.1. The van der Waals surface area contributed by atoms with Crippen LogP contribution in [0.25, 0.3) is 11.3 Å². The summed E-state index contributed by atoms with van der Waals surface area (Å²) in [6, 6.07) is 2.62. The molecule has 1 aromatic heterocycles. The van der Waals surface area contributed by atoms with E-state index in [-0.39, 0.29) is 22.7 Å². The lowest BCUT2D eigenvalue weighted by atomic mass is 10.1. The number of hydrogen-bond donors (Lipinski definition) is 3. The number of amides is 1. The van der Waals surface area contributed by atoms with Crippen molar-refractivity contribution in [1.82, 2.24) is 19.8 Å². The summed E-state index contributed by atoms with van der Waals surface area (Å²) in [7, 11) is -2.02. The van der Waals surface area contributed by atoms with Crippen LogP contribution < -0.4 is 16.0 Å². The van der Waals surface area contributed by atoms with Crippen molar-refractivity contribution in [3.63, 3.8) is 0 Å². The van der Waals surface area contributed by atoms with Crippen LogP contribution in [0.2, 0.25) is 5.02 Å². The van der Waals surface area contributed by atoms with E-state index in [4.69, 9.17) is 17.3 Å². The summed E-state index contributed by atoms with van der Waals surface area (Å²) >= 11 is 5.90. The quantitative estimate of drug-likeness (QED) is 0.602. The van der Waals surface area contributed by atoms with E-state index in [0.717, 1.165) is 6.42 Å². The molecule has 0 spiro atoms. The lowest BCUT2D eigenvalue weighted by molar-refractivity contribution is 0.0941. The zero-order valence-corrected chi connectivity index (χ0v) is 16.7. The minimum atomic E-state index is -3.78. The van der Waals surface area contributed by atoms with Gasteiger partial charge in [0.2, 0.25) is 10.0 Å². The van der Waals surface area contributed by atoms with Gasteiger partial charge in [-0.3, -0.25) is 10.2 Å². The second-order valence-electron chi connectivity index (χ2n) is 7.02. The minimum absolute atomic E-state index is 0.000338. The Bertz CT molecular complexity index is 995. The maximum Gasteiger partial charge on any atom is 0.269 e. The molecule has 0 bridgehead atoms. The molecule has 28 heavy (non-hydrogen) atoms. The van der Waals surface area contributed by atoms with Gasteiger partial charge < -0.3 is 10.3 Å². The third-order valence-corrected chi connectivity index (χ3v) is 6.23. The highest BCUT2D eigenvalue weighted by Gasteiger charge is 2.27. The molecule has 4 N–H and O–H groups in total. The Morgan fingerprint density at radius 2 is 2.18 bits per heavy atom. The first-order valence-corrected chi connectivity index (χ1v) is 10.7. The molecule has 1 saturated carbocycles. The van der Waals surface area contributed by atoms with E-state index in [1.54, 1.807) is 24.1 Å². The number of carbonyl (C=O) groups excluding carboxylic acids is 1. The van der Waals surface area contributed by atoms with Crippen molar-refractivity contribution in [1.29, 1.82) is 0 Å². The molecule has 8 nitrogen and oxygen atoms in total. The highest BCUT2D eigenvalue weighted by atomic mass is 35.5. The van der Waals surface area contributed by atoms with E-state index in [0.29, 0.717) is 24.1 Å². The van der Waals surface area contributed by atoms with Gasteiger partial charge in [-0.25, -0.2) is 17.8 Å². The average Bonchev–Trinajstić information content (AvgIpc) is 3.23. The topological polar surface area (TPSA) is 119 Å². The molecule has 3 rings (SSSR count). The van der Waals surface area contributed by atoms with Gasteiger partial charge in [-0.1, -0.05) is 11.6 Å². The minimum Gasteiger partial charge on any atom is -0.340 e. The van der Waals surface area contributed by atoms with Crippen LogP contribution >= 0.6 is 11.6 Å². The van der Waals surface area contributed by atoms with Crippen molar-refractivity contribution in [3.05, 3.63) is 41.1 Å². The number of imidazole rings is 1. The van der Waals surface area contributed by atoms with E-state index in [1.165, 1.54) is 12.1 Å². The van der Waals surface area contributed by atoms with Gasteiger partial charge in [0.15, 0.2) is 5.82 Å². The number of sulfonamides is 1. The Labute approximate surface area is 167 Å². The van der Waals surface area contributed by atoms with Crippen molar-refractivity contribution < 1.29 is 17.6 Å². The first kappa shape index (κ1) is 20.7. The fourth-order valence-corrected chi connectivity index (χ4v) is 4.75. The molecule has 0 saturated heterocycles. The molecule has 1 aliphatic carbocycles. The molecule has 1 fully saturated rings. The Kier molecular flexibility index (Phi) is 6.04. The second-order valence-corrected chi connectivity index (χ2v) is 9.19. The fourth-order valence-electron chi connectivity index (χ4n) is 3.27. The maximum atomic E-state index is 14.3. The Hall–Kier alpha value is -2.01. The Morgan fingerprint density at radius 1 is 1.43 bits per heavy atom. The van der Waals surface area contributed by atoms with Gasteiger partial charge in [-0.2, -0.15) is 0 Å². The van der Waals surface area contributed by atoms with Crippen LogP contribution in [-0.2, 0) is 17.1 Å². The number of aromatic nitrogens is 2. The summed E-state index contributed by atoms with van der Waals surface area (Å²) in [5.74, 6) is -2.12. The number of carbonyl (C=O) groups is 1.